The lowest BCUT2D eigenvalue weighted by molar-refractivity contribution is -0.130. The molecule has 0 atom stereocenters. The van der Waals surface area contributed by atoms with E-state index in [2.05, 4.69) is 0 Å². The molecule has 0 radical (unpaired) electrons. The van der Waals surface area contributed by atoms with Gasteiger partial charge in [0.1, 0.15) is 17.4 Å². The van der Waals surface area contributed by atoms with Gasteiger partial charge in [-0.2, -0.15) is 0 Å². The van der Waals surface area contributed by atoms with Crippen LogP contribution in [0.15, 0.2) is 18.2 Å². The van der Waals surface area contributed by atoms with E-state index in [9.17, 15) is 14.0 Å². The van der Waals surface area contributed by atoms with Crippen LogP contribution in [0.2, 0.25) is 0 Å². The van der Waals surface area contributed by atoms with Gasteiger partial charge in [-0.25, -0.2) is 4.39 Å². The van der Waals surface area contributed by atoms with Crippen molar-refractivity contribution in [1.82, 2.24) is 0 Å². The molecule has 6 heteroatoms. The van der Waals surface area contributed by atoms with Crippen LogP contribution in [0.3, 0.4) is 0 Å². The zero-order chi connectivity index (χ0) is 18.3. The SMILES string of the molecule is CC(CO)(CO)CO.Cc1cc(C2CC(=O)CC(=O)C2)ccc1F. The minimum atomic E-state index is -0.708. The van der Waals surface area contributed by atoms with E-state index in [0.717, 1.165) is 5.56 Å². The third-order valence-corrected chi connectivity index (χ3v) is 4.14. The van der Waals surface area contributed by atoms with Crippen molar-refractivity contribution in [2.45, 2.75) is 39.0 Å². The van der Waals surface area contributed by atoms with Gasteiger partial charge in [0.05, 0.1) is 26.2 Å². The fraction of sp³-hybridized carbons (Fsp3) is 0.556. The maximum Gasteiger partial charge on any atom is 0.140 e. The molecule has 0 spiro atoms. The zero-order valence-electron chi connectivity index (χ0n) is 14.1. The molecule has 1 fully saturated rings. The van der Waals surface area contributed by atoms with Crippen molar-refractivity contribution in [2.75, 3.05) is 19.8 Å². The summed E-state index contributed by atoms with van der Waals surface area (Å²) in [5.41, 5.74) is 0.739. The van der Waals surface area contributed by atoms with Crippen LogP contribution in [0.1, 0.15) is 43.2 Å². The molecule has 0 bridgehead atoms. The van der Waals surface area contributed by atoms with Crippen LogP contribution in [0.5, 0.6) is 0 Å². The van der Waals surface area contributed by atoms with Crippen LogP contribution >= 0.6 is 0 Å². The molecule has 2 rings (SSSR count). The number of hydrogen-bond acceptors (Lipinski definition) is 5. The first kappa shape index (κ1) is 20.4. The summed E-state index contributed by atoms with van der Waals surface area (Å²) in [6, 6.07) is 4.79. The minimum absolute atomic E-state index is 0.0109. The van der Waals surface area contributed by atoms with E-state index in [1.807, 2.05) is 0 Å². The Labute approximate surface area is 141 Å². The molecule has 24 heavy (non-hydrogen) atoms. The molecule has 1 aliphatic carbocycles. The Morgan fingerprint density at radius 2 is 1.58 bits per heavy atom. The molecule has 134 valence electrons. The highest BCUT2D eigenvalue weighted by molar-refractivity contribution is 6.02. The van der Waals surface area contributed by atoms with Crippen molar-refractivity contribution in [3.63, 3.8) is 0 Å². The molecule has 0 aromatic heterocycles. The minimum Gasteiger partial charge on any atom is -0.396 e. The summed E-state index contributed by atoms with van der Waals surface area (Å²) in [5.74, 6) is -0.336. The van der Waals surface area contributed by atoms with Gasteiger partial charge in [-0.05, 0) is 30.0 Å². The summed E-state index contributed by atoms with van der Waals surface area (Å²) in [6.45, 7) is 2.75. The average molecular weight is 340 g/mol. The molecule has 1 aromatic rings. The number of carbonyl (C=O) groups is 2. The lowest BCUT2D eigenvalue weighted by Gasteiger charge is -2.20. The summed E-state index contributed by atoms with van der Waals surface area (Å²) in [6.07, 6.45) is 0.865. The first-order valence-electron chi connectivity index (χ1n) is 7.86. The highest BCUT2D eigenvalue weighted by atomic mass is 19.1. The van der Waals surface area contributed by atoms with Gasteiger partial charge in [-0.15, -0.1) is 0 Å². The van der Waals surface area contributed by atoms with Gasteiger partial charge in [0, 0.05) is 18.3 Å². The number of aliphatic hydroxyl groups is 3. The van der Waals surface area contributed by atoms with Crippen LogP contribution in [-0.4, -0.2) is 46.7 Å². The lowest BCUT2D eigenvalue weighted by Crippen LogP contribution is -2.29. The second-order valence-electron chi connectivity index (χ2n) is 6.65. The molecule has 5 nitrogen and oxygen atoms in total. The molecule has 0 aliphatic heterocycles. The fourth-order valence-electron chi connectivity index (χ4n) is 2.29. The summed E-state index contributed by atoms with van der Waals surface area (Å²) in [4.78, 5) is 22.6. The average Bonchev–Trinajstić information content (AvgIpc) is 2.56. The van der Waals surface area contributed by atoms with Crippen LogP contribution in [0, 0.1) is 18.2 Å². The van der Waals surface area contributed by atoms with Crippen molar-refractivity contribution in [2.24, 2.45) is 5.41 Å². The van der Waals surface area contributed by atoms with E-state index in [1.165, 1.54) is 6.07 Å². The van der Waals surface area contributed by atoms with E-state index in [4.69, 9.17) is 15.3 Å². The molecule has 0 amide bonds. The molecule has 1 aromatic carbocycles. The molecule has 3 N–H and O–H groups in total. The number of carbonyl (C=O) groups excluding carboxylic acids is 2. The predicted molar refractivity (Wildman–Crippen MR) is 87.1 cm³/mol. The summed E-state index contributed by atoms with van der Waals surface area (Å²) >= 11 is 0. The predicted octanol–water partition coefficient (Wildman–Crippen LogP) is 1.51. The largest absolute Gasteiger partial charge is 0.396 e. The van der Waals surface area contributed by atoms with Gasteiger partial charge in [0.25, 0.3) is 0 Å². The van der Waals surface area contributed by atoms with Crippen molar-refractivity contribution in [1.29, 1.82) is 0 Å². The fourth-order valence-corrected chi connectivity index (χ4v) is 2.29. The molecule has 0 unspecified atom stereocenters. The van der Waals surface area contributed by atoms with E-state index in [0.29, 0.717) is 18.4 Å². The van der Waals surface area contributed by atoms with Crippen molar-refractivity contribution in [3.05, 3.63) is 35.1 Å². The van der Waals surface area contributed by atoms with Crippen LogP contribution in [0.25, 0.3) is 0 Å². The Morgan fingerprint density at radius 3 is 1.96 bits per heavy atom. The monoisotopic (exact) mass is 340 g/mol. The van der Waals surface area contributed by atoms with Crippen molar-refractivity contribution in [3.8, 4) is 0 Å². The number of ketones is 2. The number of halogens is 1. The quantitative estimate of drug-likeness (QED) is 0.722. The Bertz CT molecular complexity index is 557. The second-order valence-corrected chi connectivity index (χ2v) is 6.65. The smallest absolute Gasteiger partial charge is 0.140 e. The molecule has 0 heterocycles. The van der Waals surface area contributed by atoms with E-state index >= 15 is 0 Å². The molecule has 0 saturated heterocycles. The molecular formula is C18H25FO5. The zero-order valence-corrected chi connectivity index (χ0v) is 14.1. The van der Waals surface area contributed by atoms with Crippen LogP contribution in [-0.2, 0) is 9.59 Å². The van der Waals surface area contributed by atoms with Gasteiger partial charge in [0.2, 0.25) is 0 Å². The first-order valence-corrected chi connectivity index (χ1v) is 7.86. The molecule has 1 aliphatic rings. The van der Waals surface area contributed by atoms with Crippen molar-refractivity contribution >= 4 is 11.6 Å². The maximum atomic E-state index is 13.1. The first-order chi connectivity index (χ1) is 11.2. The maximum absolute atomic E-state index is 13.1. The number of Topliss-reactive ketones (excluding diaryl/α,β-unsaturated/α-hetero) is 2. The standard InChI is InChI=1S/C13H13FO2.C5H12O3/c1-8-4-9(2-3-13(8)14)10-5-11(15)7-12(16)6-10;1-5(2-6,3-7)4-8/h2-4,10H,5-7H2,1H3;6-8H,2-4H2,1H3. The van der Waals surface area contributed by atoms with E-state index in [-0.39, 0.29) is 49.5 Å². The van der Waals surface area contributed by atoms with Crippen molar-refractivity contribution < 1.29 is 29.3 Å². The number of aryl methyl sites for hydroxylation is 1. The Kier molecular flexibility index (Phi) is 7.66. The summed E-state index contributed by atoms with van der Waals surface area (Å²) in [5, 5.41) is 25.4. The van der Waals surface area contributed by atoms with Gasteiger partial charge < -0.3 is 15.3 Å². The number of benzene rings is 1. The number of aliphatic hydroxyl groups excluding tert-OH is 3. The molecule has 1 saturated carbocycles. The van der Waals surface area contributed by atoms with Gasteiger partial charge in [0.15, 0.2) is 0 Å². The Hall–Kier alpha value is -1.63. The van der Waals surface area contributed by atoms with Gasteiger partial charge in [-0.1, -0.05) is 19.1 Å². The molecular weight excluding hydrogens is 315 g/mol. The van der Waals surface area contributed by atoms with Crippen LogP contribution < -0.4 is 0 Å². The number of hydrogen-bond donors (Lipinski definition) is 3. The Morgan fingerprint density at radius 1 is 1.08 bits per heavy atom. The van der Waals surface area contributed by atoms with E-state index < -0.39 is 5.41 Å². The van der Waals surface area contributed by atoms with Gasteiger partial charge >= 0.3 is 0 Å². The highest BCUT2D eigenvalue weighted by Crippen LogP contribution is 2.30. The normalized spacial score (nSPS) is 15.9. The van der Waals surface area contributed by atoms with Crippen LogP contribution in [0.4, 0.5) is 4.39 Å². The third kappa shape index (κ3) is 5.78. The number of rotatable bonds is 4. The van der Waals surface area contributed by atoms with E-state index in [1.54, 1.807) is 26.0 Å². The summed E-state index contributed by atoms with van der Waals surface area (Å²) < 4.78 is 13.1. The third-order valence-electron chi connectivity index (χ3n) is 4.14. The summed E-state index contributed by atoms with van der Waals surface area (Å²) in [7, 11) is 0. The second kappa shape index (κ2) is 9.01. The van der Waals surface area contributed by atoms with Gasteiger partial charge in [-0.3, -0.25) is 9.59 Å². The highest BCUT2D eigenvalue weighted by Gasteiger charge is 2.26. The lowest BCUT2D eigenvalue weighted by atomic mass is 9.82. The Balaban J connectivity index is 0.000000307. The topological polar surface area (TPSA) is 94.8 Å².